The Morgan fingerprint density at radius 2 is 2.54 bits per heavy atom. The average Bonchev–Trinajstić information content (AvgIpc) is 2.56. The molecule has 0 amide bonds. The van der Waals surface area contributed by atoms with Gasteiger partial charge in [0.05, 0.1) is 0 Å². The van der Waals surface area contributed by atoms with Crippen LogP contribution in [0.5, 0.6) is 0 Å². The van der Waals surface area contributed by atoms with Gasteiger partial charge in [0.25, 0.3) is 0 Å². The smallest absolute Gasteiger partial charge is 0.189 e. The molecule has 0 aliphatic carbocycles. The van der Waals surface area contributed by atoms with E-state index in [4.69, 9.17) is 0 Å². The third-order valence-electron chi connectivity index (χ3n) is 1.61. The first kappa shape index (κ1) is 11.1. The highest BCUT2D eigenvalue weighted by molar-refractivity contribution is 7.99. The lowest BCUT2D eigenvalue weighted by atomic mass is 10.2. The maximum atomic E-state index is 10.8. The lowest BCUT2D eigenvalue weighted by Crippen LogP contribution is -2.06. The van der Waals surface area contributed by atoms with Gasteiger partial charge in [0.15, 0.2) is 5.12 Å². The topological polar surface area (TPSA) is 17.1 Å². The van der Waals surface area contributed by atoms with E-state index < -0.39 is 0 Å². The quantitative estimate of drug-likeness (QED) is 0.786. The Labute approximate surface area is 92.3 Å². The van der Waals surface area contributed by atoms with E-state index in [-0.39, 0.29) is 11.0 Å². The molecular weight excluding hydrogens is 220 g/mol. The maximum Gasteiger partial charge on any atom is 0.189 e. The highest BCUT2D eigenvalue weighted by Crippen LogP contribution is 2.19. The van der Waals surface area contributed by atoms with Crippen molar-refractivity contribution in [2.24, 2.45) is 5.92 Å². The second-order valence-corrected chi connectivity index (χ2v) is 5.34. The van der Waals surface area contributed by atoms with Gasteiger partial charge in [-0.15, -0.1) is 24.0 Å². The molecule has 1 heterocycles. The van der Waals surface area contributed by atoms with E-state index >= 15 is 0 Å². The summed E-state index contributed by atoms with van der Waals surface area (Å²) in [6.07, 6.45) is 0. The van der Waals surface area contributed by atoms with Crippen molar-refractivity contribution in [1.82, 2.24) is 0 Å². The summed E-state index contributed by atoms with van der Waals surface area (Å²) in [5.41, 5.74) is 0. The van der Waals surface area contributed by atoms with Crippen LogP contribution in [-0.2, 0) is 10.5 Å². The number of rotatable bonds is 5. The zero-order valence-corrected chi connectivity index (χ0v) is 9.92. The predicted molar refractivity (Wildman–Crippen MR) is 63.6 cm³/mol. The molecule has 0 fully saturated rings. The molecule has 0 N–H and O–H groups in total. The standard InChI is InChI=1S/C9H12OS3/c1-7(9(10)11)5-12-6-8-3-2-4-13-8/h2-4,7H,5-6H2,1H3,(H,10,11). The lowest BCUT2D eigenvalue weighted by molar-refractivity contribution is -0.113. The molecule has 13 heavy (non-hydrogen) atoms. The fourth-order valence-corrected chi connectivity index (χ4v) is 2.95. The second kappa shape index (κ2) is 5.73. The van der Waals surface area contributed by atoms with Crippen LogP contribution in [-0.4, -0.2) is 10.9 Å². The highest BCUT2D eigenvalue weighted by atomic mass is 32.2. The summed E-state index contributed by atoms with van der Waals surface area (Å²) in [5.74, 6) is 1.93. The van der Waals surface area contributed by atoms with Gasteiger partial charge in [0, 0.05) is 22.3 Å². The van der Waals surface area contributed by atoms with Crippen LogP contribution in [0.2, 0.25) is 0 Å². The van der Waals surface area contributed by atoms with Crippen LogP contribution in [0.3, 0.4) is 0 Å². The van der Waals surface area contributed by atoms with Crippen molar-refractivity contribution in [2.45, 2.75) is 12.7 Å². The van der Waals surface area contributed by atoms with Crippen LogP contribution < -0.4 is 0 Å². The van der Waals surface area contributed by atoms with E-state index in [9.17, 15) is 4.79 Å². The summed E-state index contributed by atoms with van der Waals surface area (Å²) in [4.78, 5) is 12.2. The number of carbonyl (C=O) groups is 1. The Balaban J connectivity index is 2.18. The summed E-state index contributed by atoms with van der Waals surface area (Å²) in [5, 5.41) is 2.06. The minimum atomic E-state index is -0.0151. The molecular formula is C9H12OS3. The van der Waals surface area contributed by atoms with Crippen LogP contribution in [0, 0.1) is 5.92 Å². The number of hydrogen-bond donors (Lipinski definition) is 1. The van der Waals surface area contributed by atoms with Gasteiger partial charge in [-0.1, -0.05) is 13.0 Å². The zero-order chi connectivity index (χ0) is 9.68. The first-order chi connectivity index (χ1) is 6.20. The fourth-order valence-electron chi connectivity index (χ4n) is 0.802. The monoisotopic (exact) mass is 232 g/mol. The first-order valence-corrected chi connectivity index (χ1v) is 6.51. The number of thiol groups is 1. The summed E-state index contributed by atoms with van der Waals surface area (Å²) >= 11 is 7.34. The summed E-state index contributed by atoms with van der Waals surface area (Å²) in [6, 6.07) is 4.17. The van der Waals surface area contributed by atoms with E-state index in [2.05, 4.69) is 24.1 Å². The first-order valence-electron chi connectivity index (χ1n) is 4.03. The Morgan fingerprint density at radius 1 is 1.77 bits per heavy atom. The van der Waals surface area contributed by atoms with Gasteiger partial charge in [-0.3, -0.25) is 4.79 Å². The molecule has 0 spiro atoms. The predicted octanol–water partition coefficient (Wildman–Crippen LogP) is 3.07. The Bertz CT molecular complexity index is 256. The number of carbonyl (C=O) groups excluding carboxylic acids is 1. The van der Waals surface area contributed by atoms with E-state index in [0.717, 1.165) is 11.5 Å². The average molecular weight is 232 g/mol. The van der Waals surface area contributed by atoms with Gasteiger partial charge < -0.3 is 0 Å². The molecule has 1 aromatic rings. The molecule has 0 bridgehead atoms. The van der Waals surface area contributed by atoms with Crippen molar-refractivity contribution in [1.29, 1.82) is 0 Å². The molecule has 72 valence electrons. The van der Waals surface area contributed by atoms with Crippen LogP contribution in [0.1, 0.15) is 11.8 Å². The molecule has 0 radical (unpaired) electrons. The SMILES string of the molecule is CC(CSCc1cccs1)C(=O)S. The third-order valence-corrected chi connectivity index (χ3v) is 4.36. The van der Waals surface area contributed by atoms with Gasteiger partial charge in [0.2, 0.25) is 0 Å². The molecule has 0 saturated heterocycles. The Hall–Kier alpha value is 0.0700. The maximum absolute atomic E-state index is 10.8. The van der Waals surface area contributed by atoms with Gasteiger partial charge >= 0.3 is 0 Å². The van der Waals surface area contributed by atoms with Gasteiger partial charge in [-0.25, -0.2) is 0 Å². The van der Waals surface area contributed by atoms with E-state index in [1.807, 2.05) is 13.0 Å². The van der Waals surface area contributed by atoms with Gasteiger partial charge in [-0.05, 0) is 11.4 Å². The second-order valence-electron chi connectivity index (χ2n) is 2.83. The largest absolute Gasteiger partial charge is 0.287 e. The molecule has 4 heteroatoms. The van der Waals surface area contributed by atoms with E-state index in [1.54, 1.807) is 23.1 Å². The zero-order valence-electron chi connectivity index (χ0n) is 7.40. The van der Waals surface area contributed by atoms with Crippen LogP contribution >= 0.6 is 35.7 Å². The number of thiophene rings is 1. The third kappa shape index (κ3) is 4.20. The fraction of sp³-hybridized carbons (Fsp3) is 0.444. The Kier molecular flexibility index (Phi) is 4.91. The van der Waals surface area contributed by atoms with Crippen molar-refractivity contribution in [3.05, 3.63) is 22.4 Å². The minimum absolute atomic E-state index is 0.0151. The molecule has 1 atom stereocenters. The van der Waals surface area contributed by atoms with Crippen LogP contribution in [0.15, 0.2) is 17.5 Å². The molecule has 1 rings (SSSR count). The van der Waals surface area contributed by atoms with Crippen molar-refractivity contribution >= 4 is 40.8 Å². The summed E-state index contributed by atoms with van der Waals surface area (Å²) in [6.45, 7) is 1.91. The molecule has 0 aliphatic heterocycles. The van der Waals surface area contributed by atoms with Crippen molar-refractivity contribution < 1.29 is 4.79 Å². The molecule has 1 aromatic heterocycles. The normalized spacial score (nSPS) is 12.8. The lowest BCUT2D eigenvalue weighted by Gasteiger charge is -2.04. The minimum Gasteiger partial charge on any atom is -0.287 e. The molecule has 1 unspecified atom stereocenters. The van der Waals surface area contributed by atoms with Crippen molar-refractivity contribution in [2.75, 3.05) is 5.75 Å². The van der Waals surface area contributed by atoms with Gasteiger partial charge in [-0.2, -0.15) is 11.8 Å². The van der Waals surface area contributed by atoms with Crippen molar-refractivity contribution in [3.63, 3.8) is 0 Å². The van der Waals surface area contributed by atoms with Crippen molar-refractivity contribution in [3.8, 4) is 0 Å². The number of thioether (sulfide) groups is 1. The molecule has 1 nitrogen and oxygen atoms in total. The van der Waals surface area contributed by atoms with Gasteiger partial charge in [0.1, 0.15) is 0 Å². The van der Waals surface area contributed by atoms with Crippen LogP contribution in [0.4, 0.5) is 0 Å². The van der Waals surface area contributed by atoms with E-state index in [1.165, 1.54) is 4.88 Å². The Morgan fingerprint density at radius 3 is 3.08 bits per heavy atom. The summed E-state index contributed by atoms with van der Waals surface area (Å²) in [7, 11) is 0. The van der Waals surface area contributed by atoms with E-state index in [0.29, 0.717) is 0 Å². The molecule has 0 saturated carbocycles. The number of hydrogen-bond acceptors (Lipinski definition) is 3. The molecule has 0 aromatic carbocycles. The van der Waals surface area contributed by atoms with Crippen LogP contribution in [0.25, 0.3) is 0 Å². The molecule has 0 aliphatic rings. The summed E-state index contributed by atoms with van der Waals surface area (Å²) < 4.78 is 0. The highest BCUT2D eigenvalue weighted by Gasteiger charge is 2.08.